The number of sulfonamides is 1. The summed E-state index contributed by atoms with van der Waals surface area (Å²) in [7, 11) is -3.92. The molecule has 0 saturated carbocycles. The van der Waals surface area contributed by atoms with Gasteiger partial charge in [0, 0.05) is 17.5 Å². The van der Waals surface area contributed by atoms with Gasteiger partial charge in [-0.2, -0.15) is 4.72 Å². The molecule has 0 bridgehead atoms. The number of aryl methyl sites for hydroxylation is 2. The van der Waals surface area contributed by atoms with E-state index in [2.05, 4.69) is 4.72 Å². The van der Waals surface area contributed by atoms with Gasteiger partial charge in [-0.3, -0.25) is 0 Å². The lowest BCUT2D eigenvalue weighted by Crippen LogP contribution is -2.43. The molecule has 1 unspecified atom stereocenters. The van der Waals surface area contributed by atoms with Crippen molar-refractivity contribution in [3.8, 4) is 5.75 Å². The van der Waals surface area contributed by atoms with Crippen molar-refractivity contribution in [2.45, 2.75) is 45.1 Å². The molecule has 1 atom stereocenters. The van der Waals surface area contributed by atoms with E-state index in [1.54, 1.807) is 31.2 Å². The highest BCUT2D eigenvalue weighted by molar-refractivity contribution is 7.89. The molecule has 164 valence electrons. The Bertz CT molecular complexity index is 1260. The number of nitrogens with one attached hydrogen (secondary N) is 1. The first-order valence-electron chi connectivity index (χ1n) is 9.90. The SMILES string of the molecule is Cc1ccc(S(=O)(=O)NC(CC(C)C)C(=O)Oc2ccc3c(C)cc(=O)oc3c2)cc1. The molecule has 3 aromatic rings. The van der Waals surface area contributed by atoms with Gasteiger partial charge in [-0.05, 0) is 56.0 Å². The molecule has 8 heteroatoms. The summed E-state index contributed by atoms with van der Waals surface area (Å²) in [5.74, 6) is -0.538. The van der Waals surface area contributed by atoms with Crippen LogP contribution in [0.4, 0.5) is 0 Å². The molecular formula is C23H25NO6S. The Morgan fingerprint density at radius 2 is 1.74 bits per heavy atom. The topological polar surface area (TPSA) is 103 Å². The molecule has 1 N–H and O–H groups in total. The molecule has 1 aromatic heterocycles. The van der Waals surface area contributed by atoms with E-state index in [0.29, 0.717) is 0 Å². The number of fused-ring (bicyclic) bond motifs is 1. The van der Waals surface area contributed by atoms with Crippen LogP contribution in [0.2, 0.25) is 0 Å². The predicted octanol–water partition coefficient (Wildman–Crippen LogP) is 3.71. The van der Waals surface area contributed by atoms with E-state index >= 15 is 0 Å². The monoisotopic (exact) mass is 443 g/mol. The molecule has 1 heterocycles. The lowest BCUT2D eigenvalue weighted by atomic mass is 10.0. The van der Waals surface area contributed by atoms with Crippen LogP contribution in [-0.4, -0.2) is 20.4 Å². The number of hydrogen-bond donors (Lipinski definition) is 1. The van der Waals surface area contributed by atoms with Crippen molar-refractivity contribution in [2.75, 3.05) is 0 Å². The molecule has 31 heavy (non-hydrogen) atoms. The molecule has 0 spiro atoms. The number of carbonyl (C=O) groups is 1. The van der Waals surface area contributed by atoms with E-state index in [-0.39, 0.29) is 28.6 Å². The largest absolute Gasteiger partial charge is 0.425 e. The van der Waals surface area contributed by atoms with Crippen molar-refractivity contribution < 1.29 is 22.4 Å². The van der Waals surface area contributed by atoms with E-state index in [4.69, 9.17) is 9.15 Å². The number of benzene rings is 2. The van der Waals surface area contributed by atoms with Crippen LogP contribution in [0.5, 0.6) is 5.75 Å². The Kier molecular flexibility index (Phi) is 6.62. The van der Waals surface area contributed by atoms with E-state index in [1.165, 1.54) is 24.3 Å². The van der Waals surface area contributed by atoms with Gasteiger partial charge in [-0.1, -0.05) is 31.5 Å². The normalized spacial score (nSPS) is 12.8. The average molecular weight is 444 g/mol. The summed E-state index contributed by atoms with van der Waals surface area (Å²) < 4.78 is 38.6. The van der Waals surface area contributed by atoms with Crippen LogP contribution in [0.25, 0.3) is 11.0 Å². The summed E-state index contributed by atoms with van der Waals surface area (Å²) in [6.45, 7) is 7.40. The van der Waals surface area contributed by atoms with Crippen LogP contribution in [0.15, 0.2) is 62.6 Å². The fourth-order valence-corrected chi connectivity index (χ4v) is 4.39. The lowest BCUT2D eigenvalue weighted by Gasteiger charge is -2.19. The molecule has 0 saturated heterocycles. The lowest BCUT2D eigenvalue weighted by molar-refractivity contribution is -0.136. The number of carbonyl (C=O) groups excluding carboxylic acids is 1. The van der Waals surface area contributed by atoms with Crippen LogP contribution < -0.4 is 15.1 Å². The maximum Gasteiger partial charge on any atom is 0.336 e. The van der Waals surface area contributed by atoms with Crippen molar-refractivity contribution in [1.82, 2.24) is 4.72 Å². The van der Waals surface area contributed by atoms with Crippen molar-refractivity contribution in [2.24, 2.45) is 5.92 Å². The molecule has 0 aliphatic carbocycles. The van der Waals surface area contributed by atoms with Crippen molar-refractivity contribution in [3.05, 3.63) is 70.1 Å². The number of esters is 1. The minimum Gasteiger partial charge on any atom is -0.425 e. The van der Waals surface area contributed by atoms with Gasteiger partial charge in [0.05, 0.1) is 4.90 Å². The predicted molar refractivity (Wildman–Crippen MR) is 118 cm³/mol. The summed E-state index contributed by atoms with van der Waals surface area (Å²) in [4.78, 5) is 24.5. The van der Waals surface area contributed by atoms with E-state index in [9.17, 15) is 18.0 Å². The van der Waals surface area contributed by atoms with E-state index in [1.807, 2.05) is 20.8 Å². The maximum absolute atomic E-state index is 12.8. The zero-order chi connectivity index (χ0) is 22.8. The molecule has 0 aliphatic rings. The maximum atomic E-state index is 12.8. The third kappa shape index (κ3) is 5.59. The molecule has 3 rings (SSSR count). The standard InChI is InChI=1S/C23H25NO6S/c1-14(2)11-20(24-31(27,28)18-8-5-15(3)6-9-18)23(26)29-17-7-10-19-16(4)12-22(25)30-21(19)13-17/h5-10,12-14,20,24H,11H2,1-4H3. The fourth-order valence-electron chi connectivity index (χ4n) is 3.19. The molecule has 2 aromatic carbocycles. The molecule has 0 fully saturated rings. The Labute approximate surface area is 181 Å². The van der Waals surface area contributed by atoms with Gasteiger partial charge in [-0.25, -0.2) is 18.0 Å². The first-order valence-corrected chi connectivity index (χ1v) is 11.4. The average Bonchev–Trinajstić information content (AvgIpc) is 2.66. The van der Waals surface area contributed by atoms with Gasteiger partial charge >= 0.3 is 11.6 Å². The van der Waals surface area contributed by atoms with Crippen LogP contribution in [0, 0.1) is 19.8 Å². The van der Waals surface area contributed by atoms with Crippen LogP contribution in [0.3, 0.4) is 0 Å². The summed E-state index contributed by atoms with van der Waals surface area (Å²) in [6.07, 6.45) is 0.256. The van der Waals surface area contributed by atoms with Gasteiger partial charge in [0.1, 0.15) is 17.4 Å². The smallest absolute Gasteiger partial charge is 0.336 e. The van der Waals surface area contributed by atoms with Gasteiger partial charge in [0.25, 0.3) is 0 Å². The Morgan fingerprint density at radius 1 is 1.06 bits per heavy atom. The highest BCUT2D eigenvalue weighted by Gasteiger charge is 2.28. The second-order valence-corrected chi connectivity index (χ2v) is 9.66. The number of hydrogen-bond acceptors (Lipinski definition) is 6. The highest BCUT2D eigenvalue weighted by atomic mass is 32.2. The molecule has 0 radical (unpaired) electrons. The second-order valence-electron chi connectivity index (χ2n) is 7.94. The third-order valence-electron chi connectivity index (χ3n) is 4.76. The van der Waals surface area contributed by atoms with E-state index < -0.39 is 27.7 Å². The van der Waals surface area contributed by atoms with Crippen molar-refractivity contribution >= 4 is 27.0 Å². The third-order valence-corrected chi connectivity index (χ3v) is 6.25. The zero-order valence-electron chi connectivity index (χ0n) is 17.8. The minimum atomic E-state index is -3.92. The van der Waals surface area contributed by atoms with Gasteiger partial charge < -0.3 is 9.15 Å². The molecule has 0 aliphatic heterocycles. The number of ether oxygens (including phenoxy) is 1. The second kappa shape index (κ2) is 9.03. The zero-order valence-corrected chi connectivity index (χ0v) is 18.7. The van der Waals surface area contributed by atoms with Gasteiger partial charge in [0.15, 0.2) is 0 Å². The van der Waals surface area contributed by atoms with Crippen molar-refractivity contribution in [3.63, 3.8) is 0 Å². The molecule has 7 nitrogen and oxygen atoms in total. The molecule has 0 amide bonds. The Hall–Kier alpha value is -2.97. The quantitative estimate of drug-likeness (QED) is 0.339. The highest BCUT2D eigenvalue weighted by Crippen LogP contribution is 2.23. The summed E-state index contributed by atoms with van der Waals surface area (Å²) in [5.41, 5.74) is 1.45. The Balaban J connectivity index is 1.85. The van der Waals surface area contributed by atoms with Gasteiger partial charge in [-0.15, -0.1) is 0 Å². The first kappa shape index (κ1) is 22.7. The van der Waals surface area contributed by atoms with Gasteiger partial charge in [0.2, 0.25) is 10.0 Å². The fraction of sp³-hybridized carbons (Fsp3) is 0.304. The first-order chi connectivity index (χ1) is 14.5. The van der Waals surface area contributed by atoms with Crippen LogP contribution in [0.1, 0.15) is 31.4 Å². The van der Waals surface area contributed by atoms with Crippen molar-refractivity contribution in [1.29, 1.82) is 0 Å². The van der Waals surface area contributed by atoms with E-state index in [0.717, 1.165) is 16.5 Å². The summed E-state index contributed by atoms with van der Waals surface area (Å²) in [6, 6.07) is 11.4. The number of rotatable bonds is 7. The van der Waals surface area contributed by atoms with Crippen LogP contribution >= 0.6 is 0 Å². The molecular weight excluding hydrogens is 418 g/mol. The Morgan fingerprint density at radius 3 is 2.39 bits per heavy atom. The minimum absolute atomic E-state index is 0.0375. The summed E-state index contributed by atoms with van der Waals surface area (Å²) >= 11 is 0. The summed E-state index contributed by atoms with van der Waals surface area (Å²) in [5, 5.41) is 0.721. The van der Waals surface area contributed by atoms with Crippen LogP contribution in [-0.2, 0) is 14.8 Å².